The number of aryl methyl sites for hydroxylation is 2. The zero-order valence-electron chi connectivity index (χ0n) is 14.2. The summed E-state index contributed by atoms with van der Waals surface area (Å²) in [7, 11) is 0. The largest absolute Gasteiger partial charge is 0.319 e. The predicted molar refractivity (Wildman–Crippen MR) is 87.1 cm³/mol. The van der Waals surface area contributed by atoms with Crippen molar-refractivity contribution in [1.82, 2.24) is 10.2 Å². The molecule has 0 spiro atoms. The minimum absolute atomic E-state index is 0.0157. The lowest BCUT2D eigenvalue weighted by atomic mass is 9.99. The molecule has 1 saturated heterocycles. The van der Waals surface area contributed by atoms with Crippen LogP contribution < -0.4 is 5.32 Å². The predicted octanol–water partition coefficient (Wildman–Crippen LogP) is 3.70. The molecule has 0 aromatic heterocycles. The van der Waals surface area contributed by atoms with Crippen LogP contribution in [0.15, 0.2) is 18.2 Å². The Balaban J connectivity index is 2.46. The van der Waals surface area contributed by atoms with E-state index in [4.69, 9.17) is 0 Å². The molecule has 1 aliphatic rings. The number of rotatable bonds is 4. The molecule has 3 unspecified atom stereocenters. The van der Waals surface area contributed by atoms with Gasteiger partial charge in [0.1, 0.15) is 6.17 Å². The highest BCUT2D eigenvalue weighted by atomic mass is 16.2. The van der Waals surface area contributed by atoms with Crippen molar-refractivity contribution in [3.63, 3.8) is 0 Å². The fourth-order valence-corrected chi connectivity index (χ4v) is 3.10. The molecule has 0 aliphatic carbocycles. The van der Waals surface area contributed by atoms with Crippen molar-refractivity contribution in [1.29, 1.82) is 0 Å². The summed E-state index contributed by atoms with van der Waals surface area (Å²) in [6.45, 7) is 12.6. The standard InChI is InChI=1S/C18H28N2O/c1-7-14(5)20-16(19-18(6,8-2)17(20)21)15-10-9-12(3)11-13(15)4/h9-11,14,16,19H,7-8H2,1-6H3. The molecule has 1 aliphatic heterocycles. The van der Waals surface area contributed by atoms with Crippen molar-refractivity contribution < 1.29 is 4.79 Å². The molecule has 116 valence electrons. The third-order valence-electron chi connectivity index (χ3n) is 4.93. The summed E-state index contributed by atoms with van der Waals surface area (Å²) < 4.78 is 0. The van der Waals surface area contributed by atoms with Crippen LogP contribution in [0, 0.1) is 13.8 Å². The van der Waals surface area contributed by atoms with Crippen LogP contribution in [0.5, 0.6) is 0 Å². The Morgan fingerprint density at radius 2 is 2.00 bits per heavy atom. The SMILES string of the molecule is CCC(C)N1C(=O)C(C)(CC)NC1c1ccc(C)cc1C. The highest BCUT2D eigenvalue weighted by Crippen LogP contribution is 2.36. The van der Waals surface area contributed by atoms with Gasteiger partial charge in [0.25, 0.3) is 0 Å². The lowest BCUT2D eigenvalue weighted by Gasteiger charge is -2.31. The number of hydrogen-bond donors (Lipinski definition) is 1. The number of hydrogen-bond acceptors (Lipinski definition) is 2. The topological polar surface area (TPSA) is 32.3 Å². The Labute approximate surface area is 128 Å². The highest BCUT2D eigenvalue weighted by Gasteiger charge is 2.48. The second kappa shape index (κ2) is 5.80. The maximum Gasteiger partial charge on any atom is 0.244 e. The van der Waals surface area contributed by atoms with Crippen LogP contribution in [0.4, 0.5) is 0 Å². The first-order valence-electron chi connectivity index (χ1n) is 8.01. The first kappa shape index (κ1) is 16.0. The Bertz CT molecular complexity index is 540. The quantitative estimate of drug-likeness (QED) is 0.916. The van der Waals surface area contributed by atoms with Crippen LogP contribution in [0.2, 0.25) is 0 Å². The summed E-state index contributed by atoms with van der Waals surface area (Å²) in [5.41, 5.74) is 3.26. The average molecular weight is 288 g/mol. The molecule has 21 heavy (non-hydrogen) atoms. The number of carbonyl (C=O) groups excluding carboxylic acids is 1. The highest BCUT2D eigenvalue weighted by molar-refractivity contribution is 5.89. The van der Waals surface area contributed by atoms with Gasteiger partial charge in [-0.25, -0.2) is 0 Å². The van der Waals surface area contributed by atoms with Gasteiger partial charge in [-0.2, -0.15) is 0 Å². The van der Waals surface area contributed by atoms with Gasteiger partial charge < -0.3 is 4.90 Å². The first-order valence-corrected chi connectivity index (χ1v) is 8.01. The number of benzene rings is 1. The monoisotopic (exact) mass is 288 g/mol. The fourth-order valence-electron chi connectivity index (χ4n) is 3.10. The van der Waals surface area contributed by atoms with Gasteiger partial charge in [0.05, 0.1) is 5.54 Å². The van der Waals surface area contributed by atoms with E-state index in [9.17, 15) is 4.79 Å². The van der Waals surface area contributed by atoms with Crippen LogP contribution >= 0.6 is 0 Å². The van der Waals surface area contributed by atoms with Gasteiger partial charge in [-0.3, -0.25) is 10.1 Å². The van der Waals surface area contributed by atoms with Gasteiger partial charge in [-0.05, 0) is 51.7 Å². The molecule has 0 radical (unpaired) electrons. The van der Waals surface area contributed by atoms with Gasteiger partial charge >= 0.3 is 0 Å². The summed E-state index contributed by atoms with van der Waals surface area (Å²) in [6, 6.07) is 6.72. The zero-order valence-corrected chi connectivity index (χ0v) is 14.2. The number of amides is 1. The van der Waals surface area contributed by atoms with Gasteiger partial charge in [-0.1, -0.05) is 37.6 Å². The molecular weight excluding hydrogens is 260 g/mol. The molecule has 1 heterocycles. The van der Waals surface area contributed by atoms with Gasteiger partial charge in [-0.15, -0.1) is 0 Å². The van der Waals surface area contributed by atoms with Crippen molar-refractivity contribution in [2.75, 3.05) is 0 Å². The van der Waals surface area contributed by atoms with Crippen LogP contribution in [0.25, 0.3) is 0 Å². The molecule has 3 atom stereocenters. The van der Waals surface area contributed by atoms with E-state index >= 15 is 0 Å². The second-order valence-electron chi connectivity index (χ2n) is 6.56. The van der Waals surface area contributed by atoms with Gasteiger partial charge in [0, 0.05) is 6.04 Å². The average Bonchev–Trinajstić information content (AvgIpc) is 2.71. The van der Waals surface area contributed by atoms with E-state index in [-0.39, 0.29) is 18.1 Å². The van der Waals surface area contributed by atoms with Crippen LogP contribution in [0.3, 0.4) is 0 Å². The first-order chi connectivity index (χ1) is 9.84. The number of nitrogens with one attached hydrogen (secondary N) is 1. The van der Waals surface area contributed by atoms with Gasteiger partial charge in [0.2, 0.25) is 5.91 Å². The zero-order chi connectivity index (χ0) is 15.8. The lowest BCUT2D eigenvalue weighted by Crippen LogP contribution is -2.44. The smallest absolute Gasteiger partial charge is 0.244 e. The third kappa shape index (κ3) is 2.71. The molecule has 3 heteroatoms. The fraction of sp³-hybridized carbons (Fsp3) is 0.611. The summed E-state index contributed by atoms with van der Waals surface area (Å²) in [6.07, 6.45) is 1.76. The second-order valence-corrected chi connectivity index (χ2v) is 6.56. The minimum atomic E-state index is -0.453. The van der Waals surface area contributed by atoms with Crippen LogP contribution in [-0.4, -0.2) is 22.4 Å². The van der Waals surface area contributed by atoms with Gasteiger partial charge in [0.15, 0.2) is 0 Å². The van der Waals surface area contributed by atoms with Crippen LogP contribution in [-0.2, 0) is 4.79 Å². The Morgan fingerprint density at radius 3 is 2.52 bits per heavy atom. The summed E-state index contributed by atoms with van der Waals surface area (Å²) in [4.78, 5) is 14.9. The van der Waals surface area contributed by atoms with Crippen molar-refractivity contribution in [3.05, 3.63) is 34.9 Å². The number of carbonyl (C=O) groups is 1. The maximum atomic E-state index is 12.9. The van der Waals surface area contributed by atoms with E-state index < -0.39 is 5.54 Å². The Morgan fingerprint density at radius 1 is 1.33 bits per heavy atom. The molecule has 1 amide bonds. The van der Waals surface area contributed by atoms with Crippen molar-refractivity contribution >= 4 is 5.91 Å². The molecule has 1 N–H and O–H groups in total. The molecule has 1 aromatic carbocycles. The normalized spacial score (nSPS) is 27.2. The molecule has 1 fully saturated rings. The lowest BCUT2D eigenvalue weighted by molar-refractivity contribution is -0.135. The summed E-state index contributed by atoms with van der Waals surface area (Å²) >= 11 is 0. The van der Waals surface area contributed by atoms with E-state index in [0.717, 1.165) is 12.8 Å². The van der Waals surface area contributed by atoms with E-state index in [2.05, 4.69) is 58.1 Å². The van der Waals surface area contributed by atoms with Crippen molar-refractivity contribution in [3.8, 4) is 0 Å². The summed E-state index contributed by atoms with van der Waals surface area (Å²) in [5, 5.41) is 3.59. The molecule has 0 saturated carbocycles. The van der Waals surface area contributed by atoms with E-state index in [1.807, 2.05) is 11.8 Å². The Hall–Kier alpha value is -1.35. The molecule has 3 nitrogen and oxygen atoms in total. The molecule has 2 rings (SSSR count). The molecular formula is C18H28N2O. The molecule has 1 aromatic rings. The third-order valence-corrected chi connectivity index (χ3v) is 4.93. The Kier molecular flexibility index (Phi) is 4.43. The number of nitrogens with zero attached hydrogens (tertiary/aromatic N) is 1. The minimum Gasteiger partial charge on any atom is -0.319 e. The summed E-state index contributed by atoms with van der Waals surface area (Å²) in [5.74, 6) is 0.226. The molecule has 0 bridgehead atoms. The van der Waals surface area contributed by atoms with E-state index in [1.54, 1.807) is 0 Å². The van der Waals surface area contributed by atoms with E-state index in [1.165, 1.54) is 16.7 Å². The maximum absolute atomic E-state index is 12.9. The van der Waals surface area contributed by atoms with Crippen molar-refractivity contribution in [2.24, 2.45) is 0 Å². The van der Waals surface area contributed by atoms with Crippen LogP contribution in [0.1, 0.15) is 63.4 Å². The van der Waals surface area contributed by atoms with Crippen molar-refractivity contribution in [2.45, 2.75) is 72.1 Å². The van der Waals surface area contributed by atoms with E-state index in [0.29, 0.717) is 0 Å².